The zero-order chi connectivity index (χ0) is 20.0. The van der Waals surface area contributed by atoms with Crippen molar-refractivity contribution in [2.24, 2.45) is 17.6 Å². The Kier molecular flexibility index (Phi) is 7.46. The fraction of sp³-hybridized carbons (Fsp3) is 0.778. The molecule has 1 heterocycles. The Labute approximate surface area is 159 Å². The van der Waals surface area contributed by atoms with Crippen LogP contribution in [0.3, 0.4) is 0 Å². The van der Waals surface area contributed by atoms with Crippen molar-refractivity contribution >= 4 is 24.1 Å². The van der Waals surface area contributed by atoms with Gasteiger partial charge in [-0.2, -0.15) is 4.48 Å². The topological polar surface area (TPSA) is 127 Å². The average molecular weight is 384 g/mol. The zero-order valence-corrected chi connectivity index (χ0v) is 15.8. The van der Waals surface area contributed by atoms with Gasteiger partial charge in [0, 0.05) is 20.0 Å². The molecule has 1 unspecified atom stereocenters. The van der Waals surface area contributed by atoms with Gasteiger partial charge in [0.25, 0.3) is 5.91 Å². The number of hydroxylamine groups is 2. The van der Waals surface area contributed by atoms with Crippen LogP contribution in [0.25, 0.3) is 0 Å². The molecule has 1 aliphatic carbocycles. The second-order valence-electron chi connectivity index (χ2n) is 7.63. The Morgan fingerprint density at radius 2 is 1.93 bits per heavy atom. The normalized spacial score (nSPS) is 26.7. The van der Waals surface area contributed by atoms with Crippen molar-refractivity contribution in [2.45, 2.75) is 51.0 Å². The molecule has 9 nitrogen and oxygen atoms in total. The number of imide groups is 1. The highest BCUT2D eigenvalue weighted by molar-refractivity contribution is 5.92. The number of quaternary nitrogens is 1. The van der Waals surface area contributed by atoms with Crippen LogP contribution in [0.5, 0.6) is 0 Å². The first-order chi connectivity index (χ1) is 12.9. The van der Waals surface area contributed by atoms with E-state index in [0.717, 1.165) is 25.7 Å². The van der Waals surface area contributed by atoms with Crippen molar-refractivity contribution in [3.8, 4) is 0 Å². The number of nitrogens with two attached hydrogens (primary N) is 1. The van der Waals surface area contributed by atoms with Crippen molar-refractivity contribution in [2.75, 3.05) is 26.8 Å². The Morgan fingerprint density at radius 1 is 1.26 bits per heavy atom. The molecule has 2 fully saturated rings. The Morgan fingerprint density at radius 3 is 2.48 bits per heavy atom. The fourth-order valence-electron chi connectivity index (χ4n) is 4.69. The van der Waals surface area contributed by atoms with Crippen LogP contribution in [0.1, 0.15) is 44.9 Å². The van der Waals surface area contributed by atoms with Crippen molar-refractivity contribution < 1.29 is 33.6 Å². The van der Waals surface area contributed by atoms with Crippen LogP contribution in [0.2, 0.25) is 0 Å². The third-order valence-electron chi connectivity index (χ3n) is 5.93. The molecule has 3 N–H and O–H groups in total. The van der Waals surface area contributed by atoms with E-state index < -0.39 is 34.2 Å². The van der Waals surface area contributed by atoms with E-state index in [9.17, 15) is 24.4 Å². The summed E-state index contributed by atoms with van der Waals surface area (Å²) in [6, 6.07) is -0.936. The lowest BCUT2D eigenvalue weighted by atomic mass is 9.90. The molecule has 0 bridgehead atoms. The summed E-state index contributed by atoms with van der Waals surface area (Å²) >= 11 is 0. The van der Waals surface area contributed by atoms with Crippen molar-refractivity contribution in [3.63, 3.8) is 0 Å². The van der Waals surface area contributed by atoms with E-state index in [1.807, 2.05) is 0 Å². The quantitative estimate of drug-likeness (QED) is 0.253. The largest absolute Gasteiger partial charge is 0.370 e. The van der Waals surface area contributed by atoms with Crippen LogP contribution in [-0.2, 0) is 23.9 Å². The Balaban J connectivity index is 2.36. The van der Waals surface area contributed by atoms with E-state index in [4.69, 9.17) is 10.5 Å². The molecule has 2 rings (SSSR count). The van der Waals surface area contributed by atoms with E-state index in [0.29, 0.717) is 30.2 Å². The van der Waals surface area contributed by atoms with Gasteiger partial charge in [-0.05, 0) is 12.3 Å². The van der Waals surface area contributed by atoms with E-state index in [1.165, 1.54) is 7.11 Å². The number of hydrogen-bond donors (Lipinski definition) is 2. The third kappa shape index (κ3) is 4.53. The lowest BCUT2D eigenvalue weighted by Gasteiger charge is -2.36. The summed E-state index contributed by atoms with van der Waals surface area (Å²) in [4.78, 5) is 49.4. The van der Waals surface area contributed by atoms with Gasteiger partial charge in [0.2, 0.25) is 6.41 Å². The first-order valence-corrected chi connectivity index (χ1v) is 9.51. The molecule has 1 saturated carbocycles. The number of primary amides is 1. The molecule has 0 radical (unpaired) electrons. The second kappa shape index (κ2) is 9.38. The summed E-state index contributed by atoms with van der Waals surface area (Å²) in [5, 5.41) is 10.1. The van der Waals surface area contributed by atoms with Gasteiger partial charge in [0.1, 0.15) is 0 Å². The number of amides is 4. The number of carbonyl (C=O) groups is 4. The number of nitrogens with zero attached hydrogens (tertiary/aromatic N) is 2. The van der Waals surface area contributed by atoms with Gasteiger partial charge in [-0.25, -0.2) is 14.7 Å². The molecule has 152 valence electrons. The standard InChI is InChI=1S/C18H29N3O6/c1-27-11-16(23)21(8-4-7-15(21)17(19)24)18(25)14(10-20(26)12-22)9-13-5-2-3-6-13/h12-15,26H,2-11H2,1H3,(H-,19,24)/p+1/t14-,15+,21?/m1/s1. The molecule has 0 aromatic carbocycles. The second-order valence-corrected chi connectivity index (χ2v) is 7.63. The summed E-state index contributed by atoms with van der Waals surface area (Å²) in [5.41, 5.74) is 5.52. The summed E-state index contributed by atoms with van der Waals surface area (Å²) < 4.78 is 4.28. The van der Waals surface area contributed by atoms with E-state index in [2.05, 4.69) is 0 Å². The monoisotopic (exact) mass is 384 g/mol. The molecule has 9 heteroatoms. The molecule has 27 heavy (non-hydrogen) atoms. The molecule has 4 amide bonds. The molecular formula is C18H30N3O6+. The molecular weight excluding hydrogens is 354 g/mol. The fourth-order valence-corrected chi connectivity index (χ4v) is 4.69. The van der Waals surface area contributed by atoms with Crippen LogP contribution in [-0.4, -0.2) is 71.7 Å². The first-order valence-electron chi connectivity index (χ1n) is 9.51. The average Bonchev–Trinajstić information content (AvgIpc) is 3.30. The maximum atomic E-state index is 13.6. The minimum atomic E-state index is -0.936. The van der Waals surface area contributed by atoms with Crippen molar-refractivity contribution in [1.82, 2.24) is 5.06 Å². The van der Waals surface area contributed by atoms with Crippen molar-refractivity contribution in [3.05, 3.63) is 0 Å². The lowest BCUT2D eigenvalue weighted by Crippen LogP contribution is -2.66. The van der Waals surface area contributed by atoms with Gasteiger partial charge in [0.15, 0.2) is 12.6 Å². The SMILES string of the molecule is COCC(=O)[N+]1(C(=O)[C@H](CC2CCCC2)CN(O)C=O)CCC[C@H]1C(N)=O. The summed E-state index contributed by atoms with van der Waals surface area (Å²) in [6.45, 7) is -0.324. The minimum absolute atomic E-state index is 0.183. The highest BCUT2D eigenvalue weighted by Crippen LogP contribution is 2.36. The lowest BCUT2D eigenvalue weighted by molar-refractivity contribution is -0.784. The van der Waals surface area contributed by atoms with E-state index in [1.54, 1.807) is 0 Å². The third-order valence-corrected chi connectivity index (χ3v) is 5.93. The zero-order valence-electron chi connectivity index (χ0n) is 15.8. The van der Waals surface area contributed by atoms with E-state index >= 15 is 0 Å². The number of carbonyl (C=O) groups excluding carboxylic acids is 4. The van der Waals surface area contributed by atoms with Gasteiger partial charge >= 0.3 is 11.8 Å². The number of methoxy groups -OCH3 is 1. The summed E-state index contributed by atoms with van der Waals surface area (Å²) in [5.74, 6) is -2.10. The van der Waals surface area contributed by atoms with Gasteiger partial charge in [-0.3, -0.25) is 14.8 Å². The maximum Gasteiger partial charge on any atom is 0.347 e. The maximum absolute atomic E-state index is 13.6. The van der Waals surface area contributed by atoms with Crippen LogP contribution in [0, 0.1) is 11.8 Å². The highest BCUT2D eigenvalue weighted by atomic mass is 16.5. The highest BCUT2D eigenvalue weighted by Gasteiger charge is 2.58. The molecule has 1 aliphatic heterocycles. The summed E-state index contributed by atoms with van der Waals surface area (Å²) in [7, 11) is 1.35. The Hall–Kier alpha value is -1.84. The molecule has 2 aliphatic rings. The Bertz CT molecular complexity index is 577. The minimum Gasteiger partial charge on any atom is -0.370 e. The predicted molar refractivity (Wildman–Crippen MR) is 93.9 cm³/mol. The van der Waals surface area contributed by atoms with Crippen LogP contribution >= 0.6 is 0 Å². The number of rotatable bonds is 9. The van der Waals surface area contributed by atoms with E-state index in [-0.39, 0.29) is 26.1 Å². The molecule has 0 spiro atoms. The van der Waals surface area contributed by atoms with Gasteiger partial charge in [-0.1, -0.05) is 25.7 Å². The predicted octanol–water partition coefficient (Wildman–Crippen LogP) is 0.195. The van der Waals surface area contributed by atoms with Crippen LogP contribution < -0.4 is 5.73 Å². The number of ether oxygens (including phenoxy) is 1. The first kappa shape index (κ1) is 21.5. The summed E-state index contributed by atoms with van der Waals surface area (Å²) in [6.07, 6.45) is 5.68. The smallest absolute Gasteiger partial charge is 0.347 e. The van der Waals surface area contributed by atoms with Crippen LogP contribution in [0.4, 0.5) is 0 Å². The molecule has 0 aromatic rings. The van der Waals surface area contributed by atoms with Gasteiger partial charge in [-0.15, -0.1) is 0 Å². The van der Waals surface area contributed by atoms with Gasteiger partial charge < -0.3 is 10.5 Å². The molecule has 0 aromatic heterocycles. The number of hydrogen-bond acceptors (Lipinski definition) is 6. The number of likely N-dealkylation sites (tertiary alicyclic amines) is 1. The van der Waals surface area contributed by atoms with Crippen LogP contribution in [0.15, 0.2) is 0 Å². The van der Waals surface area contributed by atoms with Gasteiger partial charge in [0.05, 0.1) is 19.0 Å². The molecule has 3 atom stereocenters. The molecule has 1 saturated heterocycles. The van der Waals surface area contributed by atoms with Crippen molar-refractivity contribution in [1.29, 1.82) is 0 Å².